The van der Waals surface area contributed by atoms with Gasteiger partial charge in [0.2, 0.25) is 0 Å². The van der Waals surface area contributed by atoms with Gasteiger partial charge in [-0.15, -0.1) is 0 Å². The fourth-order valence-electron chi connectivity index (χ4n) is 1.83. The maximum absolute atomic E-state index is 11.0. The van der Waals surface area contributed by atoms with Crippen LogP contribution in [0.15, 0.2) is 0 Å². The van der Waals surface area contributed by atoms with Crippen LogP contribution in [0.3, 0.4) is 0 Å². The Bertz CT molecular complexity index is 467. The lowest BCUT2D eigenvalue weighted by molar-refractivity contribution is -0.386. The number of carboxylic acid groups (broad SMARTS) is 1. The summed E-state index contributed by atoms with van der Waals surface area (Å²) in [6, 6.07) is 0. The van der Waals surface area contributed by atoms with Gasteiger partial charge in [0.05, 0.1) is 17.4 Å². The van der Waals surface area contributed by atoms with Crippen molar-refractivity contribution in [2.24, 2.45) is 5.92 Å². The second-order valence-electron chi connectivity index (χ2n) is 4.13. The van der Waals surface area contributed by atoms with Crippen molar-refractivity contribution < 1.29 is 14.8 Å². The van der Waals surface area contributed by atoms with Crippen LogP contribution in [0.4, 0.5) is 5.69 Å². The summed E-state index contributed by atoms with van der Waals surface area (Å²) >= 11 is 0. The molecule has 1 atom stereocenters. The van der Waals surface area contributed by atoms with Gasteiger partial charge in [-0.2, -0.15) is 5.10 Å². The molecule has 100 valence electrons. The lowest BCUT2D eigenvalue weighted by atomic mass is 10.2. The van der Waals surface area contributed by atoms with Gasteiger partial charge in [0.25, 0.3) is 0 Å². The zero-order valence-corrected chi connectivity index (χ0v) is 10.7. The summed E-state index contributed by atoms with van der Waals surface area (Å²) < 4.78 is 1.45. The fraction of sp³-hybridized carbons (Fsp3) is 0.636. The molecule has 1 aromatic heterocycles. The molecular weight excluding hydrogens is 238 g/mol. The van der Waals surface area contributed by atoms with Crippen LogP contribution in [0.5, 0.6) is 0 Å². The number of aryl methyl sites for hydroxylation is 1. The van der Waals surface area contributed by atoms with Crippen molar-refractivity contribution in [1.29, 1.82) is 0 Å². The first-order chi connectivity index (χ1) is 8.42. The molecule has 1 N–H and O–H groups in total. The second-order valence-corrected chi connectivity index (χ2v) is 4.13. The highest BCUT2D eigenvalue weighted by atomic mass is 16.6. The molecular formula is C11H17N3O4. The van der Waals surface area contributed by atoms with Crippen LogP contribution in [0, 0.1) is 16.0 Å². The van der Waals surface area contributed by atoms with Gasteiger partial charge in [-0.3, -0.25) is 19.6 Å². The van der Waals surface area contributed by atoms with Crippen molar-refractivity contribution in [3.63, 3.8) is 0 Å². The van der Waals surface area contributed by atoms with Crippen molar-refractivity contribution >= 4 is 11.7 Å². The molecule has 1 aromatic rings. The number of rotatable bonds is 6. The third-order valence-corrected chi connectivity index (χ3v) is 2.82. The van der Waals surface area contributed by atoms with E-state index in [9.17, 15) is 14.9 Å². The molecule has 0 radical (unpaired) electrons. The lowest BCUT2D eigenvalue weighted by Crippen LogP contribution is -2.19. The van der Waals surface area contributed by atoms with Gasteiger partial charge in [0.15, 0.2) is 0 Å². The Labute approximate surface area is 105 Å². The molecule has 0 amide bonds. The molecule has 0 aliphatic carbocycles. The van der Waals surface area contributed by atoms with Crippen LogP contribution in [-0.2, 0) is 24.2 Å². The van der Waals surface area contributed by atoms with E-state index in [1.54, 1.807) is 20.8 Å². The number of aromatic nitrogens is 2. The largest absolute Gasteiger partial charge is 0.481 e. The molecule has 7 heteroatoms. The summed E-state index contributed by atoms with van der Waals surface area (Å²) in [4.78, 5) is 21.4. The Hall–Kier alpha value is -1.92. The van der Waals surface area contributed by atoms with Crippen molar-refractivity contribution in [3.05, 3.63) is 21.5 Å². The number of carboxylic acids is 1. The molecule has 18 heavy (non-hydrogen) atoms. The van der Waals surface area contributed by atoms with Crippen LogP contribution in [-0.4, -0.2) is 25.8 Å². The molecule has 0 saturated heterocycles. The van der Waals surface area contributed by atoms with Gasteiger partial charge in [-0.1, -0.05) is 20.8 Å². The molecule has 0 aliphatic rings. The zero-order valence-electron chi connectivity index (χ0n) is 10.7. The van der Waals surface area contributed by atoms with Crippen LogP contribution in [0.25, 0.3) is 0 Å². The number of nitrogens with zero attached hydrogens (tertiary/aromatic N) is 3. The highest BCUT2D eigenvalue weighted by Gasteiger charge is 2.26. The fourth-order valence-corrected chi connectivity index (χ4v) is 1.83. The first kappa shape index (κ1) is 14.1. The van der Waals surface area contributed by atoms with Crippen molar-refractivity contribution in [2.45, 2.75) is 40.2 Å². The molecule has 0 spiro atoms. The van der Waals surface area contributed by atoms with Crippen LogP contribution in [0.2, 0.25) is 0 Å². The predicted octanol–water partition coefficient (Wildman–Crippen LogP) is 1.64. The Morgan fingerprint density at radius 2 is 2.11 bits per heavy atom. The second kappa shape index (κ2) is 5.61. The Balaban J connectivity index is 3.20. The number of hydrogen-bond acceptors (Lipinski definition) is 4. The predicted molar refractivity (Wildman–Crippen MR) is 64.4 cm³/mol. The van der Waals surface area contributed by atoms with E-state index in [4.69, 9.17) is 5.11 Å². The van der Waals surface area contributed by atoms with Gasteiger partial charge in [0.1, 0.15) is 11.4 Å². The van der Waals surface area contributed by atoms with Gasteiger partial charge in [-0.25, -0.2) is 0 Å². The number of nitro groups is 1. The Morgan fingerprint density at radius 3 is 2.50 bits per heavy atom. The van der Waals surface area contributed by atoms with Gasteiger partial charge >= 0.3 is 11.7 Å². The normalized spacial score (nSPS) is 12.4. The van der Waals surface area contributed by atoms with Gasteiger partial charge in [0, 0.05) is 0 Å². The molecule has 0 aromatic carbocycles. The minimum absolute atomic E-state index is 0.0255. The topological polar surface area (TPSA) is 98.3 Å². The molecule has 0 saturated carbocycles. The Kier molecular flexibility index (Phi) is 4.41. The summed E-state index contributed by atoms with van der Waals surface area (Å²) in [7, 11) is 0. The standard InChI is InChI=1S/C11H17N3O4/c1-4-8-10(14(17)18)9(5-2)13(12-8)6-7(3)11(15)16/h7H,4-6H2,1-3H3,(H,15,16). The summed E-state index contributed by atoms with van der Waals surface area (Å²) in [6.07, 6.45) is 0.910. The van der Waals surface area contributed by atoms with E-state index < -0.39 is 16.8 Å². The maximum atomic E-state index is 11.0. The summed E-state index contributed by atoms with van der Waals surface area (Å²) in [6.45, 7) is 5.30. The smallest absolute Gasteiger partial charge is 0.313 e. The van der Waals surface area contributed by atoms with E-state index in [0.29, 0.717) is 24.2 Å². The Morgan fingerprint density at radius 1 is 1.50 bits per heavy atom. The molecule has 7 nitrogen and oxygen atoms in total. The van der Waals surface area contributed by atoms with E-state index in [1.807, 2.05) is 0 Å². The van der Waals surface area contributed by atoms with Crippen LogP contribution < -0.4 is 0 Å². The summed E-state index contributed by atoms with van der Waals surface area (Å²) in [5, 5.41) is 24.1. The molecule has 1 heterocycles. The van der Waals surface area contributed by atoms with Crippen molar-refractivity contribution in [2.75, 3.05) is 0 Å². The minimum atomic E-state index is -0.937. The first-order valence-corrected chi connectivity index (χ1v) is 5.88. The van der Waals surface area contributed by atoms with E-state index >= 15 is 0 Å². The average Bonchev–Trinajstić information content (AvgIpc) is 2.66. The average molecular weight is 255 g/mol. The molecule has 0 aliphatic heterocycles. The third kappa shape index (κ3) is 2.66. The van der Waals surface area contributed by atoms with Crippen molar-refractivity contribution in [1.82, 2.24) is 9.78 Å². The molecule has 0 fully saturated rings. The first-order valence-electron chi connectivity index (χ1n) is 5.88. The van der Waals surface area contributed by atoms with Gasteiger partial charge in [-0.05, 0) is 12.8 Å². The van der Waals surface area contributed by atoms with E-state index in [0.717, 1.165) is 0 Å². The number of carbonyl (C=O) groups is 1. The monoisotopic (exact) mass is 255 g/mol. The summed E-state index contributed by atoms with van der Waals surface area (Å²) in [5.74, 6) is -1.56. The van der Waals surface area contributed by atoms with Crippen molar-refractivity contribution in [3.8, 4) is 0 Å². The molecule has 1 rings (SSSR count). The zero-order chi connectivity index (χ0) is 13.9. The molecule has 0 bridgehead atoms. The maximum Gasteiger partial charge on any atom is 0.313 e. The van der Waals surface area contributed by atoms with E-state index in [2.05, 4.69) is 5.10 Å². The van der Waals surface area contributed by atoms with Crippen LogP contribution in [0.1, 0.15) is 32.2 Å². The third-order valence-electron chi connectivity index (χ3n) is 2.82. The number of hydrogen-bond donors (Lipinski definition) is 1. The molecule has 1 unspecified atom stereocenters. The highest BCUT2D eigenvalue weighted by molar-refractivity contribution is 5.69. The SMILES string of the molecule is CCc1nn(CC(C)C(=O)O)c(CC)c1[N+](=O)[O-]. The van der Waals surface area contributed by atoms with Crippen LogP contribution >= 0.6 is 0 Å². The van der Waals surface area contributed by atoms with Gasteiger partial charge < -0.3 is 5.11 Å². The minimum Gasteiger partial charge on any atom is -0.481 e. The highest BCUT2D eigenvalue weighted by Crippen LogP contribution is 2.25. The summed E-state index contributed by atoms with van der Waals surface area (Å²) in [5.41, 5.74) is 0.928. The van der Waals surface area contributed by atoms with E-state index in [1.165, 1.54) is 4.68 Å². The van der Waals surface area contributed by atoms with E-state index in [-0.39, 0.29) is 12.2 Å². The number of aliphatic carboxylic acids is 1. The quantitative estimate of drug-likeness (QED) is 0.615. The lowest BCUT2D eigenvalue weighted by Gasteiger charge is -2.08.